The van der Waals surface area contributed by atoms with Gasteiger partial charge in [-0.1, -0.05) is 15.9 Å². The van der Waals surface area contributed by atoms with Gasteiger partial charge >= 0.3 is 5.97 Å². The number of halogens is 1. The van der Waals surface area contributed by atoms with Crippen LogP contribution in [0.3, 0.4) is 0 Å². The lowest BCUT2D eigenvalue weighted by Crippen LogP contribution is -2.42. The third-order valence-electron chi connectivity index (χ3n) is 5.03. The molecule has 0 saturated carbocycles. The van der Waals surface area contributed by atoms with E-state index in [1.165, 1.54) is 25.1 Å². The highest BCUT2D eigenvalue weighted by atomic mass is 79.9. The number of amides is 2. The highest BCUT2D eigenvalue weighted by molar-refractivity contribution is 9.10. The predicted octanol–water partition coefficient (Wildman–Crippen LogP) is 5.32. The number of hydrogen-bond acceptors (Lipinski definition) is 9. The van der Waals surface area contributed by atoms with Crippen molar-refractivity contribution in [1.82, 2.24) is 4.90 Å². The van der Waals surface area contributed by atoms with Crippen molar-refractivity contribution in [3.63, 3.8) is 0 Å². The third-order valence-corrected chi connectivity index (χ3v) is 6.60. The van der Waals surface area contributed by atoms with Crippen LogP contribution in [0.2, 0.25) is 0 Å². The van der Waals surface area contributed by atoms with Gasteiger partial charge in [0.15, 0.2) is 11.5 Å². The number of hydrogen-bond donors (Lipinski definition) is 0. The summed E-state index contributed by atoms with van der Waals surface area (Å²) in [5, 5.41) is 10.3. The first-order chi connectivity index (χ1) is 17.2. The molecule has 2 aromatic carbocycles. The van der Waals surface area contributed by atoms with Gasteiger partial charge in [-0.05, 0) is 74.0 Å². The third kappa shape index (κ3) is 6.24. The Labute approximate surface area is 219 Å². The fourth-order valence-corrected chi connectivity index (χ4v) is 4.58. The number of non-ortho nitro benzene ring substituents is 1. The van der Waals surface area contributed by atoms with Gasteiger partial charge in [-0.2, -0.15) is 0 Å². The van der Waals surface area contributed by atoms with Crippen LogP contribution in [-0.4, -0.2) is 46.2 Å². The van der Waals surface area contributed by atoms with E-state index in [4.69, 9.17) is 14.2 Å². The van der Waals surface area contributed by atoms with Crippen molar-refractivity contribution in [1.29, 1.82) is 0 Å². The number of nitrogens with zero attached hydrogens (tertiary/aromatic N) is 2. The van der Waals surface area contributed by atoms with E-state index in [0.29, 0.717) is 28.1 Å². The standard InChI is InChI=1S/C24H23BrN2O8S/c1-4-33-19-10-16(11-21-22(28)26(24(30)36-21)14(3)23(29)34-5-2)18(25)12-20(19)35-13-15-6-8-17(9-7-15)27(31)32/h6-12,14H,4-5,13H2,1-3H3/b21-11+/t14-/m0/s1. The summed E-state index contributed by atoms with van der Waals surface area (Å²) in [7, 11) is 0. The molecule has 36 heavy (non-hydrogen) atoms. The summed E-state index contributed by atoms with van der Waals surface area (Å²) in [6.45, 7) is 5.53. The SMILES string of the molecule is CCOC(=O)[C@H](C)N1C(=O)S/C(=C/c2cc(OCC)c(OCc3ccc([N+](=O)[O-])cc3)cc2Br)C1=O. The molecule has 0 unspecified atom stereocenters. The van der Waals surface area contributed by atoms with Crippen molar-refractivity contribution in [2.24, 2.45) is 0 Å². The van der Waals surface area contributed by atoms with Crippen LogP contribution in [0.4, 0.5) is 10.5 Å². The van der Waals surface area contributed by atoms with Crippen LogP contribution in [-0.2, 0) is 20.9 Å². The topological polar surface area (TPSA) is 125 Å². The van der Waals surface area contributed by atoms with Gasteiger partial charge in [0, 0.05) is 16.6 Å². The van der Waals surface area contributed by atoms with E-state index in [-0.39, 0.29) is 23.8 Å². The first-order valence-corrected chi connectivity index (χ1v) is 12.5. The number of nitro benzene ring substituents is 1. The van der Waals surface area contributed by atoms with Crippen LogP contribution in [0.15, 0.2) is 45.8 Å². The van der Waals surface area contributed by atoms with E-state index in [9.17, 15) is 24.5 Å². The van der Waals surface area contributed by atoms with E-state index in [2.05, 4.69) is 15.9 Å². The second kappa shape index (κ2) is 12.0. The lowest BCUT2D eigenvalue weighted by Gasteiger charge is -2.19. The van der Waals surface area contributed by atoms with Gasteiger partial charge in [-0.25, -0.2) is 4.79 Å². The molecule has 1 heterocycles. The molecule has 1 fully saturated rings. The minimum absolute atomic E-state index is 0.0121. The summed E-state index contributed by atoms with van der Waals surface area (Å²) in [5.74, 6) is -0.416. The minimum Gasteiger partial charge on any atom is -0.490 e. The highest BCUT2D eigenvalue weighted by Gasteiger charge is 2.41. The molecule has 0 aliphatic carbocycles. The molecule has 2 amide bonds. The molecule has 0 bridgehead atoms. The molecule has 3 rings (SSSR count). The van der Waals surface area contributed by atoms with Crippen molar-refractivity contribution >= 4 is 56.6 Å². The van der Waals surface area contributed by atoms with E-state index < -0.39 is 28.1 Å². The van der Waals surface area contributed by atoms with Gasteiger partial charge in [0.1, 0.15) is 12.6 Å². The fourth-order valence-electron chi connectivity index (χ4n) is 3.24. The Bertz CT molecular complexity index is 1220. The molecular formula is C24H23BrN2O8S. The number of rotatable bonds is 10. The van der Waals surface area contributed by atoms with Crippen LogP contribution < -0.4 is 9.47 Å². The van der Waals surface area contributed by atoms with Gasteiger partial charge in [-0.3, -0.25) is 24.6 Å². The number of ether oxygens (including phenoxy) is 3. The van der Waals surface area contributed by atoms with Gasteiger partial charge < -0.3 is 14.2 Å². The Hall–Kier alpha value is -3.38. The van der Waals surface area contributed by atoms with E-state index >= 15 is 0 Å². The maximum atomic E-state index is 12.9. The number of carbonyl (C=O) groups is 3. The minimum atomic E-state index is -1.04. The summed E-state index contributed by atoms with van der Waals surface area (Å²) >= 11 is 4.20. The molecule has 2 aromatic rings. The van der Waals surface area contributed by atoms with Crippen LogP contribution >= 0.6 is 27.7 Å². The lowest BCUT2D eigenvalue weighted by molar-refractivity contribution is -0.384. The molecule has 10 nitrogen and oxygen atoms in total. The molecule has 1 atom stereocenters. The largest absolute Gasteiger partial charge is 0.490 e. The maximum absolute atomic E-state index is 12.9. The first kappa shape index (κ1) is 27.2. The molecule has 190 valence electrons. The number of benzene rings is 2. The second-order valence-corrected chi connectivity index (χ2v) is 9.29. The molecule has 0 aromatic heterocycles. The fraction of sp³-hybridized carbons (Fsp3) is 0.292. The average Bonchev–Trinajstić information content (AvgIpc) is 3.12. The van der Waals surface area contributed by atoms with Crippen molar-refractivity contribution in [2.45, 2.75) is 33.4 Å². The Morgan fingerprint density at radius 2 is 1.81 bits per heavy atom. The summed E-state index contributed by atoms with van der Waals surface area (Å²) in [4.78, 5) is 48.8. The number of nitro groups is 1. The lowest BCUT2D eigenvalue weighted by atomic mass is 10.1. The summed E-state index contributed by atoms with van der Waals surface area (Å²) in [6, 6.07) is 8.31. The van der Waals surface area contributed by atoms with E-state index in [0.717, 1.165) is 22.2 Å². The maximum Gasteiger partial charge on any atom is 0.329 e. The Balaban J connectivity index is 1.83. The summed E-state index contributed by atoms with van der Waals surface area (Å²) in [6.07, 6.45) is 1.54. The average molecular weight is 579 g/mol. The molecule has 0 N–H and O–H groups in total. The zero-order chi connectivity index (χ0) is 26.4. The van der Waals surface area contributed by atoms with Gasteiger partial charge in [0.2, 0.25) is 0 Å². The number of esters is 1. The quantitative estimate of drug-likeness (QED) is 0.159. The molecule has 1 aliphatic heterocycles. The predicted molar refractivity (Wildman–Crippen MR) is 137 cm³/mol. The van der Waals surface area contributed by atoms with Crippen LogP contribution in [0.1, 0.15) is 31.9 Å². The van der Waals surface area contributed by atoms with E-state index in [1.54, 1.807) is 31.2 Å². The van der Waals surface area contributed by atoms with Gasteiger partial charge in [0.05, 0.1) is 23.0 Å². The monoisotopic (exact) mass is 578 g/mol. The summed E-state index contributed by atoms with van der Waals surface area (Å²) < 4.78 is 17.1. The summed E-state index contributed by atoms with van der Waals surface area (Å²) in [5.41, 5.74) is 1.28. The normalized spacial score (nSPS) is 15.2. The van der Waals surface area contributed by atoms with Crippen molar-refractivity contribution in [3.8, 4) is 11.5 Å². The highest BCUT2D eigenvalue weighted by Crippen LogP contribution is 2.39. The van der Waals surface area contributed by atoms with Crippen molar-refractivity contribution < 1.29 is 33.5 Å². The molecule has 0 radical (unpaired) electrons. The van der Waals surface area contributed by atoms with Crippen LogP contribution in [0.5, 0.6) is 11.5 Å². The molecule has 1 aliphatic rings. The smallest absolute Gasteiger partial charge is 0.329 e. The van der Waals surface area contributed by atoms with Crippen molar-refractivity contribution in [3.05, 3.63) is 67.0 Å². The van der Waals surface area contributed by atoms with Gasteiger partial charge in [-0.15, -0.1) is 0 Å². The Kier molecular flexibility index (Phi) is 9.10. The first-order valence-electron chi connectivity index (χ1n) is 10.9. The second-order valence-electron chi connectivity index (χ2n) is 7.45. The Morgan fingerprint density at radius 1 is 1.14 bits per heavy atom. The number of thioether (sulfide) groups is 1. The van der Waals surface area contributed by atoms with Crippen LogP contribution in [0, 0.1) is 10.1 Å². The van der Waals surface area contributed by atoms with Crippen molar-refractivity contribution in [2.75, 3.05) is 13.2 Å². The molecule has 12 heteroatoms. The Morgan fingerprint density at radius 3 is 2.42 bits per heavy atom. The van der Waals surface area contributed by atoms with Gasteiger partial charge in [0.25, 0.3) is 16.8 Å². The van der Waals surface area contributed by atoms with Crippen LogP contribution in [0.25, 0.3) is 6.08 Å². The molecular weight excluding hydrogens is 556 g/mol. The number of imide groups is 1. The zero-order valence-electron chi connectivity index (χ0n) is 19.7. The molecule has 0 spiro atoms. The zero-order valence-corrected chi connectivity index (χ0v) is 22.1. The number of carbonyl (C=O) groups excluding carboxylic acids is 3. The van der Waals surface area contributed by atoms with E-state index in [1.807, 2.05) is 6.92 Å². The molecule has 1 saturated heterocycles.